The minimum absolute atomic E-state index is 0.994. The zero-order valence-corrected chi connectivity index (χ0v) is 18.6. The van der Waals surface area contributed by atoms with E-state index in [-0.39, 0.29) is 0 Å². The maximum atomic E-state index is 9.45. The summed E-state index contributed by atoms with van der Waals surface area (Å²) >= 11 is 0. The molecule has 0 aromatic carbocycles. The number of unbranched alkanes of at least 4 members (excludes halogenated alkanes) is 14. The van der Waals surface area contributed by atoms with Gasteiger partial charge in [0.2, 0.25) is 0 Å². The fraction of sp³-hybridized carbons (Fsp3) is 0.913. The van der Waals surface area contributed by atoms with Crippen LogP contribution in [0.1, 0.15) is 117 Å². The number of amidine groups is 1. The van der Waals surface area contributed by atoms with Gasteiger partial charge in [0, 0.05) is 13.0 Å². The number of nitrogens with zero attached hydrogens (tertiary/aromatic N) is 1. The van der Waals surface area contributed by atoms with E-state index in [9.17, 15) is 4.79 Å². The summed E-state index contributed by atoms with van der Waals surface area (Å²) in [6.45, 7) is 5.55. The summed E-state index contributed by atoms with van der Waals surface area (Å²) < 4.78 is 0. The Labute approximate surface area is 173 Å². The molecule has 0 radical (unpaired) electrons. The minimum Gasteiger partial charge on any atom is -0.479 e. The van der Waals surface area contributed by atoms with Crippen molar-refractivity contribution in [2.45, 2.75) is 123 Å². The number of aliphatic imine (C=N–C) groups is 1. The molecule has 0 bridgehead atoms. The second-order valence-electron chi connectivity index (χ2n) is 7.97. The molecular weight excluding hydrogens is 352 g/mol. The molecule has 1 rings (SSSR count). The van der Waals surface area contributed by atoms with Crippen LogP contribution in [-0.2, 0) is 4.79 Å². The number of aliphatic hydroxyl groups is 1. The molecule has 1 unspecified atom stereocenters. The molecule has 1 aliphatic rings. The van der Waals surface area contributed by atoms with E-state index >= 15 is 0 Å². The molecule has 0 saturated carbocycles. The topological polar surface area (TPSA) is 81.9 Å². The van der Waals surface area contributed by atoms with Gasteiger partial charge in [0.15, 0.2) is 0 Å². The number of aliphatic hydroxyl groups excluding tert-OH is 1. The largest absolute Gasteiger partial charge is 0.479 e. The Hall–Kier alpha value is -1.10. The predicted octanol–water partition coefficient (Wildman–Crippen LogP) is 5.70. The van der Waals surface area contributed by atoms with Gasteiger partial charge in [-0.25, -0.2) is 4.79 Å². The van der Waals surface area contributed by atoms with Gasteiger partial charge in [-0.05, 0) is 13.3 Å². The minimum atomic E-state index is -1.23. The number of aliphatic carboxylic acids is 1. The highest BCUT2D eigenvalue weighted by Gasteiger charge is 2.03. The highest BCUT2D eigenvalue weighted by Crippen LogP contribution is 2.13. The highest BCUT2D eigenvalue weighted by atomic mass is 16.4. The van der Waals surface area contributed by atoms with Crippen molar-refractivity contribution in [3.63, 3.8) is 0 Å². The molecule has 0 aromatic heterocycles. The summed E-state index contributed by atoms with van der Waals surface area (Å²) in [5, 5.41) is 19.1. The fourth-order valence-electron chi connectivity index (χ4n) is 3.28. The number of carboxylic acids is 1. The first-order valence-corrected chi connectivity index (χ1v) is 11.8. The third-order valence-electron chi connectivity index (χ3n) is 5.12. The van der Waals surface area contributed by atoms with Crippen LogP contribution in [0.4, 0.5) is 0 Å². The van der Waals surface area contributed by atoms with Gasteiger partial charge in [-0.3, -0.25) is 4.99 Å². The van der Waals surface area contributed by atoms with Crippen molar-refractivity contribution < 1.29 is 15.0 Å². The lowest BCUT2D eigenvalue weighted by Crippen LogP contribution is -2.17. The summed E-state index contributed by atoms with van der Waals surface area (Å²) in [4.78, 5) is 13.9. The van der Waals surface area contributed by atoms with Crippen molar-refractivity contribution in [2.24, 2.45) is 4.99 Å². The van der Waals surface area contributed by atoms with E-state index in [1.807, 2.05) is 0 Å². The number of nitrogens with one attached hydrogen (secondary N) is 1. The van der Waals surface area contributed by atoms with Crippen molar-refractivity contribution in [1.29, 1.82) is 0 Å². The van der Waals surface area contributed by atoms with Gasteiger partial charge in [-0.15, -0.1) is 0 Å². The molecule has 3 N–H and O–H groups in total. The zero-order chi connectivity index (χ0) is 20.9. The molecule has 0 aliphatic carbocycles. The van der Waals surface area contributed by atoms with E-state index < -0.39 is 12.1 Å². The molecule has 1 aliphatic heterocycles. The molecule has 5 heteroatoms. The molecule has 0 saturated heterocycles. The van der Waals surface area contributed by atoms with Crippen LogP contribution < -0.4 is 5.32 Å². The smallest absolute Gasteiger partial charge is 0.332 e. The summed E-state index contributed by atoms with van der Waals surface area (Å²) in [5.74, 6) is 0.0738. The Morgan fingerprint density at radius 2 is 1.29 bits per heavy atom. The van der Waals surface area contributed by atoms with Gasteiger partial charge in [-0.2, -0.15) is 0 Å². The summed E-state index contributed by atoms with van der Waals surface area (Å²) in [6, 6.07) is 0. The lowest BCUT2D eigenvalue weighted by Gasteiger charge is -2.04. The lowest BCUT2D eigenvalue weighted by atomic mass is 10.0. The van der Waals surface area contributed by atoms with Gasteiger partial charge >= 0.3 is 5.97 Å². The molecule has 5 nitrogen and oxygen atoms in total. The van der Waals surface area contributed by atoms with Crippen LogP contribution >= 0.6 is 0 Å². The Kier molecular flexibility index (Phi) is 19.8. The number of carbonyl (C=O) groups is 1. The van der Waals surface area contributed by atoms with Crippen molar-refractivity contribution in [2.75, 3.05) is 13.1 Å². The van der Waals surface area contributed by atoms with Gasteiger partial charge in [0.25, 0.3) is 0 Å². The quantitative estimate of drug-likeness (QED) is 0.274. The predicted molar refractivity (Wildman–Crippen MR) is 119 cm³/mol. The first-order valence-electron chi connectivity index (χ1n) is 11.8. The molecule has 0 aromatic rings. The van der Waals surface area contributed by atoms with E-state index in [0.29, 0.717) is 0 Å². The Bertz CT molecular complexity index is 384. The molecule has 166 valence electrons. The van der Waals surface area contributed by atoms with Crippen LogP contribution in [-0.4, -0.2) is 41.2 Å². The van der Waals surface area contributed by atoms with E-state index in [0.717, 1.165) is 13.1 Å². The zero-order valence-electron chi connectivity index (χ0n) is 18.6. The van der Waals surface area contributed by atoms with Gasteiger partial charge in [0.05, 0.1) is 12.4 Å². The first kappa shape index (κ1) is 26.9. The monoisotopic (exact) mass is 398 g/mol. The van der Waals surface area contributed by atoms with Gasteiger partial charge in [-0.1, -0.05) is 96.8 Å². The SMILES string of the molecule is CC(O)C(=O)O.CCCCCCCCCCCCCCCCCC1=NCCN1. The van der Waals surface area contributed by atoms with Crippen LogP contribution in [0.25, 0.3) is 0 Å². The van der Waals surface area contributed by atoms with Crippen molar-refractivity contribution in [3.05, 3.63) is 0 Å². The first-order chi connectivity index (χ1) is 13.6. The molecule has 28 heavy (non-hydrogen) atoms. The molecule has 0 amide bonds. The van der Waals surface area contributed by atoms with E-state index in [1.54, 1.807) is 0 Å². The van der Waals surface area contributed by atoms with Crippen molar-refractivity contribution in [3.8, 4) is 0 Å². The lowest BCUT2D eigenvalue weighted by molar-refractivity contribution is -0.145. The standard InChI is InChI=1S/C20H40N2.C3H6O3/c1-2-3-4-5-6-7-8-9-10-11-12-13-14-15-16-17-20-21-18-19-22-20;1-2(4)3(5)6/h2-19H2,1H3,(H,21,22);2,4H,1H3,(H,5,6). The average Bonchev–Trinajstić information content (AvgIpc) is 3.19. The van der Waals surface area contributed by atoms with Crippen LogP contribution in [0.3, 0.4) is 0 Å². The maximum Gasteiger partial charge on any atom is 0.332 e. The third-order valence-corrected chi connectivity index (χ3v) is 5.12. The Morgan fingerprint density at radius 1 is 0.893 bits per heavy atom. The highest BCUT2D eigenvalue weighted by molar-refractivity contribution is 5.83. The molecule has 0 spiro atoms. The third kappa shape index (κ3) is 19.7. The molecule has 0 fully saturated rings. The van der Waals surface area contributed by atoms with Crippen LogP contribution in [0.5, 0.6) is 0 Å². The van der Waals surface area contributed by atoms with Crippen molar-refractivity contribution in [1.82, 2.24) is 5.32 Å². The van der Waals surface area contributed by atoms with E-state index in [2.05, 4.69) is 17.2 Å². The second kappa shape index (κ2) is 20.6. The normalized spacial score (nSPS) is 14.0. The second-order valence-corrected chi connectivity index (χ2v) is 7.97. The van der Waals surface area contributed by atoms with Gasteiger partial charge in [0.1, 0.15) is 6.10 Å². The Morgan fingerprint density at radius 3 is 1.61 bits per heavy atom. The summed E-state index contributed by atoms with van der Waals surface area (Å²) in [5.41, 5.74) is 0. The van der Waals surface area contributed by atoms with E-state index in [4.69, 9.17) is 10.2 Å². The van der Waals surface area contributed by atoms with Crippen LogP contribution in [0.15, 0.2) is 4.99 Å². The summed E-state index contributed by atoms with van der Waals surface area (Å²) in [7, 11) is 0. The molecular formula is C23H46N2O3. The fourth-order valence-corrected chi connectivity index (χ4v) is 3.28. The number of hydrogen-bond acceptors (Lipinski definition) is 4. The van der Waals surface area contributed by atoms with Gasteiger partial charge < -0.3 is 15.5 Å². The number of rotatable bonds is 17. The van der Waals surface area contributed by atoms with Crippen LogP contribution in [0.2, 0.25) is 0 Å². The average molecular weight is 399 g/mol. The van der Waals surface area contributed by atoms with Crippen molar-refractivity contribution >= 4 is 11.8 Å². The maximum absolute atomic E-state index is 9.45. The summed E-state index contributed by atoms with van der Waals surface area (Å²) in [6.07, 6.45) is 21.5. The van der Waals surface area contributed by atoms with Crippen LogP contribution in [0, 0.1) is 0 Å². The Balaban J connectivity index is 0.00000105. The molecule has 1 atom stereocenters. The van der Waals surface area contributed by atoms with E-state index in [1.165, 1.54) is 115 Å². The number of carboxylic acid groups (broad SMARTS) is 1. The number of hydrogen-bond donors (Lipinski definition) is 3. The molecule has 1 heterocycles.